The minimum absolute atomic E-state index is 0.0211. The monoisotopic (exact) mass is 225 g/mol. The van der Waals surface area contributed by atoms with Crippen molar-refractivity contribution < 1.29 is 24.5 Å². The lowest BCUT2D eigenvalue weighted by Crippen LogP contribution is -2.23. The summed E-state index contributed by atoms with van der Waals surface area (Å²) in [4.78, 5) is 21.1. The van der Waals surface area contributed by atoms with E-state index in [1.807, 2.05) is 0 Å². The number of carboxylic acid groups (broad SMARTS) is 2. The van der Waals surface area contributed by atoms with Gasteiger partial charge in [-0.1, -0.05) is 0 Å². The van der Waals surface area contributed by atoms with Gasteiger partial charge in [-0.15, -0.1) is 0 Å². The van der Waals surface area contributed by atoms with Crippen LogP contribution in [0.25, 0.3) is 0 Å². The summed E-state index contributed by atoms with van der Waals surface area (Å²) in [7, 11) is 0. The van der Waals surface area contributed by atoms with Gasteiger partial charge in [0.1, 0.15) is 5.75 Å². The first kappa shape index (κ1) is 11.8. The van der Waals surface area contributed by atoms with Gasteiger partial charge >= 0.3 is 11.9 Å². The minimum atomic E-state index is -1.12. The highest BCUT2D eigenvalue weighted by atomic mass is 16.5. The first-order valence-corrected chi connectivity index (χ1v) is 4.44. The SMILES string of the molecule is CC(Oc1ccc(C(=O)O)cc1N)C(=O)O. The summed E-state index contributed by atoms with van der Waals surface area (Å²) in [5.41, 5.74) is 5.64. The third-order valence-corrected chi connectivity index (χ3v) is 1.91. The van der Waals surface area contributed by atoms with E-state index in [1.165, 1.54) is 25.1 Å². The highest BCUT2D eigenvalue weighted by molar-refractivity contribution is 5.89. The average molecular weight is 225 g/mol. The summed E-state index contributed by atoms with van der Waals surface area (Å²) < 4.78 is 5.02. The second kappa shape index (κ2) is 4.52. The molecule has 0 amide bonds. The van der Waals surface area contributed by atoms with Gasteiger partial charge in [0.05, 0.1) is 11.3 Å². The molecule has 1 atom stereocenters. The summed E-state index contributed by atoms with van der Waals surface area (Å²) in [5, 5.41) is 17.3. The van der Waals surface area contributed by atoms with Crippen molar-refractivity contribution in [3.05, 3.63) is 23.8 Å². The van der Waals surface area contributed by atoms with E-state index in [0.717, 1.165) is 0 Å². The highest BCUT2D eigenvalue weighted by Crippen LogP contribution is 2.23. The molecule has 1 rings (SSSR count). The zero-order valence-electron chi connectivity index (χ0n) is 8.51. The number of nitrogen functional groups attached to an aromatic ring is 1. The molecular formula is C10H11NO5. The molecule has 1 unspecified atom stereocenters. The van der Waals surface area contributed by atoms with Crippen LogP contribution >= 0.6 is 0 Å². The summed E-state index contributed by atoms with van der Waals surface area (Å²) in [6.45, 7) is 1.35. The normalized spacial score (nSPS) is 11.8. The Hall–Kier alpha value is -2.24. The van der Waals surface area contributed by atoms with Crippen LogP contribution in [-0.4, -0.2) is 28.3 Å². The van der Waals surface area contributed by atoms with Crippen LogP contribution in [0.1, 0.15) is 17.3 Å². The Bertz CT molecular complexity index is 429. The zero-order chi connectivity index (χ0) is 12.3. The molecule has 0 spiro atoms. The van der Waals surface area contributed by atoms with Crippen molar-refractivity contribution in [1.82, 2.24) is 0 Å². The van der Waals surface area contributed by atoms with E-state index in [4.69, 9.17) is 20.7 Å². The molecule has 0 radical (unpaired) electrons. The molecule has 0 aliphatic carbocycles. The molecule has 6 nitrogen and oxygen atoms in total. The average Bonchev–Trinajstić information content (AvgIpc) is 2.20. The predicted molar refractivity (Wildman–Crippen MR) is 55.5 cm³/mol. The summed E-state index contributed by atoms with van der Waals surface area (Å²) in [6, 6.07) is 3.84. The Morgan fingerprint density at radius 2 is 2.00 bits per heavy atom. The van der Waals surface area contributed by atoms with Gasteiger partial charge < -0.3 is 20.7 Å². The largest absolute Gasteiger partial charge is 0.479 e. The van der Waals surface area contributed by atoms with Gasteiger partial charge in [-0.25, -0.2) is 9.59 Å². The first-order chi connectivity index (χ1) is 7.41. The quantitative estimate of drug-likeness (QED) is 0.654. The number of hydrogen-bond donors (Lipinski definition) is 3. The van der Waals surface area contributed by atoms with Gasteiger partial charge in [-0.05, 0) is 25.1 Å². The van der Waals surface area contributed by atoms with E-state index in [2.05, 4.69) is 0 Å². The van der Waals surface area contributed by atoms with E-state index >= 15 is 0 Å². The number of carbonyl (C=O) groups is 2. The van der Waals surface area contributed by atoms with Crippen molar-refractivity contribution >= 4 is 17.6 Å². The zero-order valence-corrected chi connectivity index (χ0v) is 8.51. The molecule has 0 fully saturated rings. The Morgan fingerprint density at radius 3 is 2.44 bits per heavy atom. The van der Waals surface area contributed by atoms with Crippen LogP contribution in [-0.2, 0) is 4.79 Å². The van der Waals surface area contributed by atoms with Crippen LogP contribution in [0.4, 0.5) is 5.69 Å². The molecule has 6 heteroatoms. The van der Waals surface area contributed by atoms with Gasteiger partial charge in [-0.3, -0.25) is 0 Å². The fourth-order valence-corrected chi connectivity index (χ4v) is 1.03. The fourth-order valence-electron chi connectivity index (χ4n) is 1.03. The maximum Gasteiger partial charge on any atom is 0.344 e. The molecule has 4 N–H and O–H groups in total. The van der Waals surface area contributed by atoms with Gasteiger partial charge in [0.2, 0.25) is 0 Å². The molecular weight excluding hydrogens is 214 g/mol. The molecule has 0 aromatic heterocycles. The molecule has 0 saturated carbocycles. The van der Waals surface area contributed by atoms with Crippen molar-refractivity contribution in [1.29, 1.82) is 0 Å². The third kappa shape index (κ3) is 2.63. The lowest BCUT2D eigenvalue weighted by Gasteiger charge is -2.12. The number of carboxylic acids is 2. The lowest BCUT2D eigenvalue weighted by atomic mass is 10.2. The van der Waals surface area contributed by atoms with Crippen LogP contribution in [0.2, 0.25) is 0 Å². The van der Waals surface area contributed by atoms with E-state index in [1.54, 1.807) is 0 Å². The Labute approximate surface area is 91.3 Å². The van der Waals surface area contributed by atoms with Gasteiger partial charge in [0, 0.05) is 0 Å². The van der Waals surface area contributed by atoms with Crippen molar-refractivity contribution in [2.45, 2.75) is 13.0 Å². The third-order valence-electron chi connectivity index (χ3n) is 1.91. The van der Waals surface area contributed by atoms with Crippen LogP contribution in [0.5, 0.6) is 5.75 Å². The Kier molecular flexibility index (Phi) is 3.34. The number of nitrogens with two attached hydrogens (primary N) is 1. The van der Waals surface area contributed by atoms with Crippen molar-refractivity contribution in [3.63, 3.8) is 0 Å². The van der Waals surface area contributed by atoms with E-state index in [0.29, 0.717) is 0 Å². The van der Waals surface area contributed by atoms with E-state index in [9.17, 15) is 9.59 Å². The highest BCUT2D eigenvalue weighted by Gasteiger charge is 2.15. The van der Waals surface area contributed by atoms with Crippen LogP contribution in [0, 0.1) is 0 Å². The standard InChI is InChI=1S/C10H11NO5/c1-5(9(12)13)16-8-3-2-6(10(14)15)4-7(8)11/h2-5H,11H2,1H3,(H,12,13)(H,14,15). The molecule has 86 valence electrons. The fraction of sp³-hybridized carbons (Fsp3) is 0.200. The predicted octanol–water partition coefficient (Wildman–Crippen LogP) is 0.819. The molecule has 0 aliphatic heterocycles. The van der Waals surface area contributed by atoms with Crippen molar-refractivity contribution in [2.24, 2.45) is 0 Å². The summed E-state index contributed by atoms with van der Waals surface area (Å²) >= 11 is 0. The lowest BCUT2D eigenvalue weighted by molar-refractivity contribution is -0.144. The number of aromatic carboxylic acids is 1. The molecule has 0 saturated heterocycles. The smallest absolute Gasteiger partial charge is 0.344 e. The number of rotatable bonds is 4. The van der Waals surface area contributed by atoms with Crippen LogP contribution in [0.3, 0.4) is 0 Å². The molecule has 1 aromatic carbocycles. The van der Waals surface area contributed by atoms with Crippen LogP contribution in [0.15, 0.2) is 18.2 Å². The Balaban J connectivity index is 2.91. The molecule has 0 heterocycles. The molecule has 1 aromatic rings. The number of aliphatic carboxylic acids is 1. The van der Waals surface area contributed by atoms with E-state index in [-0.39, 0.29) is 17.0 Å². The van der Waals surface area contributed by atoms with Crippen molar-refractivity contribution in [2.75, 3.05) is 5.73 Å². The second-order valence-electron chi connectivity index (χ2n) is 3.16. The van der Waals surface area contributed by atoms with Gasteiger partial charge in [0.25, 0.3) is 0 Å². The number of ether oxygens (including phenoxy) is 1. The topological polar surface area (TPSA) is 110 Å². The Morgan fingerprint density at radius 1 is 1.38 bits per heavy atom. The van der Waals surface area contributed by atoms with E-state index < -0.39 is 18.0 Å². The first-order valence-electron chi connectivity index (χ1n) is 4.44. The molecule has 16 heavy (non-hydrogen) atoms. The van der Waals surface area contributed by atoms with Gasteiger partial charge in [0.15, 0.2) is 6.10 Å². The second-order valence-corrected chi connectivity index (χ2v) is 3.16. The molecule has 0 bridgehead atoms. The minimum Gasteiger partial charge on any atom is -0.479 e. The summed E-state index contributed by atoms with van der Waals surface area (Å²) in [5.74, 6) is -2.08. The number of hydrogen-bond acceptors (Lipinski definition) is 4. The van der Waals surface area contributed by atoms with Gasteiger partial charge in [-0.2, -0.15) is 0 Å². The van der Waals surface area contributed by atoms with Crippen LogP contribution < -0.4 is 10.5 Å². The number of benzene rings is 1. The number of anilines is 1. The maximum atomic E-state index is 10.6. The summed E-state index contributed by atoms with van der Waals surface area (Å²) in [6.07, 6.45) is -1.04. The maximum absolute atomic E-state index is 10.6. The molecule has 0 aliphatic rings. The van der Waals surface area contributed by atoms with Crippen molar-refractivity contribution in [3.8, 4) is 5.75 Å².